The zero-order valence-corrected chi connectivity index (χ0v) is 9.39. The number of benzene rings is 1. The van der Waals surface area contributed by atoms with Crippen LogP contribution in [0.25, 0.3) is 0 Å². The van der Waals surface area contributed by atoms with Crippen molar-refractivity contribution in [1.82, 2.24) is 0 Å². The van der Waals surface area contributed by atoms with E-state index in [-0.39, 0.29) is 12.0 Å². The first kappa shape index (κ1) is 10.6. The molecule has 1 unspecified atom stereocenters. The van der Waals surface area contributed by atoms with E-state index in [2.05, 4.69) is 0 Å². The molecule has 0 radical (unpaired) electrons. The molecule has 90 valence electrons. The standard InChI is InChI=1S/C13H14O4/c14-13(15)12-3-1-8-5-9(2-4-11(8)12)17-10-6-16-7-10/h2,4-5,10,12H,1,3,6-7H2,(H,14,15). The average Bonchev–Trinajstić information content (AvgIpc) is 2.66. The molecule has 0 bridgehead atoms. The van der Waals surface area contributed by atoms with E-state index in [1.807, 2.05) is 18.2 Å². The lowest BCUT2D eigenvalue weighted by Crippen LogP contribution is -2.38. The molecule has 2 aliphatic rings. The molecule has 1 heterocycles. The highest BCUT2D eigenvalue weighted by molar-refractivity contribution is 5.78. The second kappa shape index (κ2) is 4.04. The maximum Gasteiger partial charge on any atom is 0.310 e. The number of aryl methyl sites for hydroxylation is 1. The Morgan fingerprint density at radius 2 is 2.24 bits per heavy atom. The second-order valence-electron chi connectivity index (χ2n) is 4.57. The zero-order chi connectivity index (χ0) is 11.8. The van der Waals surface area contributed by atoms with Gasteiger partial charge in [0.05, 0.1) is 19.1 Å². The molecule has 1 atom stereocenters. The topological polar surface area (TPSA) is 55.8 Å². The Bertz CT molecular complexity index is 451. The van der Waals surface area contributed by atoms with Crippen LogP contribution < -0.4 is 4.74 Å². The van der Waals surface area contributed by atoms with E-state index in [4.69, 9.17) is 14.6 Å². The predicted octanol–water partition coefficient (Wildman–Crippen LogP) is 1.58. The quantitative estimate of drug-likeness (QED) is 0.862. The van der Waals surface area contributed by atoms with Crippen LogP contribution in [0.3, 0.4) is 0 Å². The van der Waals surface area contributed by atoms with Gasteiger partial charge in [0.15, 0.2) is 0 Å². The fraction of sp³-hybridized carbons (Fsp3) is 0.462. The van der Waals surface area contributed by atoms with Gasteiger partial charge in [-0.1, -0.05) is 6.07 Å². The van der Waals surface area contributed by atoms with Crippen LogP contribution in [0, 0.1) is 0 Å². The minimum atomic E-state index is -0.732. The first-order valence-corrected chi connectivity index (χ1v) is 5.84. The van der Waals surface area contributed by atoms with Crippen molar-refractivity contribution in [1.29, 1.82) is 0 Å². The summed E-state index contributed by atoms with van der Waals surface area (Å²) in [7, 11) is 0. The number of carbonyl (C=O) groups is 1. The Balaban J connectivity index is 1.80. The molecule has 3 rings (SSSR count). The highest BCUT2D eigenvalue weighted by atomic mass is 16.6. The summed E-state index contributed by atoms with van der Waals surface area (Å²) in [5.74, 6) is -0.251. The van der Waals surface area contributed by atoms with Crippen LogP contribution >= 0.6 is 0 Å². The van der Waals surface area contributed by atoms with Crippen LogP contribution in [0.2, 0.25) is 0 Å². The Morgan fingerprint density at radius 3 is 2.88 bits per heavy atom. The van der Waals surface area contributed by atoms with Crippen LogP contribution in [-0.2, 0) is 16.0 Å². The van der Waals surface area contributed by atoms with Crippen molar-refractivity contribution >= 4 is 5.97 Å². The number of hydrogen-bond donors (Lipinski definition) is 1. The van der Waals surface area contributed by atoms with E-state index >= 15 is 0 Å². The van der Waals surface area contributed by atoms with E-state index in [0.717, 1.165) is 23.3 Å². The summed E-state index contributed by atoms with van der Waals surface area (Å²) in [5, 5.41) is 9.07. The molecule has 0 amide bonds. The van der Waals surface area contributed by atoms with Crippen molar-refractivity contribution in [3.63, 3.8) is 0 Å². The molecule has 0 spiro atoms. The van der Waals surface area contributed by atoms with Crippen LogP contribution in [0.1, 0.15) is 23.5 Å². The van der Waals surface area contributed by atoms with E-state index in [0.29, 0.717) is 19.6 Å². The van der Waals surface area contributed by atoms with Crippen molar-refractivity contribution in [3.8, 4) is 5.75 Å². The van der Waals surface area contributed by atoms with Crippen LogP contribution in [0.15, 0.2) is 18.2 Å². The number of hydrogen-bond acceptors (Lipinski definition) is 3. The summed E-state index contributed by atoms with van der Waals surface area (Å²) < 4.78 is 10.7. The van der Waals surface area contributed by atoms with Gasteiger partial charge >= 0.3 is 5.97 Å². The summed E-state index contributed by atoms with van der Waals surface area (Å²) in [6, 6.07) is 5.71. The normalized spacial score (nSPS) is 22.9. The van der Waals surface area contributed by atoms with Gasteiger partial charge in [-0.05, 0) is 36.1 Å². The third-order valence-corrected chi connectivity index (χ3v) is 3.40. The van der Waals surface area contributed by atoms with Crippen molar-refractivity contribution in [2.45, 2.75) is 24.9 Å². The lowest BCUT2D eigenvalue weighted by Gasteiger charge is -2.26. The monoisotopic (exact) mass is 234 g/mol. The SMILES string of the molecule is O=C(O)C1CCc2cc(OC3COC3)ccc21. The number of aliphatic carboxylic acids is 1. The highest BCUT2D eigenvalue weighted by Crippen LogP contribution is 2.35. The minimum Gasteiger partial charge on any atom is -0.486 e. The van der Waals surface area contributed by atoms with Gasteiger partial charge in [-0.15, -0.1) is 0 Å². The first-order valence-electron chi connectivity index (χ1n) is 5.84. The summed E-state index contributed by atoms with van der Waals surface area (Å²) >= 11 is 0. The van der Waals surface area contributed by atoms with E-state index < -0.39 is 5.97 Å². The third-order valence-electron chi connectivity index (χ3n) is 3.40. The third kappa shape index (κ3) is 1.89. The second-order valence-corrected chi connectivity index (χ2v) is 4.57. The first-order chi connectivity index (χ1) is 8.24. The molecule has 4 heteroatoms. The fourth-order valence-electron chi connectivity index (χ4n) is 2.40. The van der Waals surface area contributed by atoms with Crippen LogP contribution in [-0.4, -0.2) is 30.4 Å². The van der Waals surface area contributed by atoms with Gasteiger partial charge < -0.3 is 14.6 Å². The average molecular weight is 234 g/mol. The summed E-state index contributed by atoms with van der Waals surface area (Å²) in [6.07, 6.45) is 1.68. The van der Waals surface area contributed by atoms with Gasteiger partial charge in [-0.25, -0.2) is 0 Å². The lowest BCUT2D eigenvalue weighted by atomic mass is 10.0. The number of carboxylic acid groups (broad SMARTS) is 1. The molecule has 0 saturated carbocycles. The molecule has 17 heavy (non-hydrogen) atoms. The Morgan fingerprint density at radius 1 is 1.41 bits per heavy atom. The molecule has 4 nitrogen and oxygen atoms in total. The number of rotatable bonds is 3. The molecule has 1 aromatic carbocycles. The smallest absolute Gasteiger partial charge is 0.310 e. The molecule has 0 aromatic heterocycles. The highest BCUT2D eigenvalue weighted by Gasteiger charge is 2.29. The Labute approximate surface area is 99.2 Å². The van der Waals surface area contributed by atoms with Crippen molar-refractivity contribution in [3.05, 3.63) is 29.3 Å². The lowest BCUT2D eigenvalue weighted by molar-refractivity contribution is -0.138. The predicted molar refractivity (Wildman–Crippen MR) is 60.4 cm³/mol. The van der Waals surface area contributed by atoms with Crippen molar-refractivity contribution in [2.75, 3.05) is 13.2 Å². The van der Waals surface area contributed by atoms with Gasteiger partial charge in [0.25, 0.3) is 0 Å². The van der Waals surface area contributed by atoms with Crippen LogP contribution in [0.5, 0.6) is 5.75 Å². The molecule has 1 aliphatic carbocycles. The molecule has 1 fully saturated rings. The maximum absolute atomic E-state index is 11.0. The zero-order valence-electron chi connectivity index (χ0n) is 9.39. The Hall–Kier alpha value is -1.55. The molecule has 1 aromatic rings. The van der Waals surface area contributed by atoms with Crippen LogP contribution in [0.4, 0.5) is 0 Å². The maximum atomic E-state index is 11.0. The van der Waals surface area contributed by atoms with E-state index in [1.54, 1.807) is 0 Å². The molecular weight excluding hydrogens is 220 g/mol. The van der Waals surface area contributed by atoms with Gasteiger partial charge in [-0.3, -0.25) is 4.79 Å². The largest absolute Gasteiger partial charge is 0.486 e. The number of carboxylic acids is 1. The van der Waals surface area contributed by atoms with Gasteiger partial charge in [-0.2, -0.15) is 0 Å². The van der Waals surface area contributed by atoms with Gasteiger partial charge in [0.2, 0.25) is 0 Å². The fourth-order valence-corrected chi connectivity index (χ4v) is 2.40. The van der Waals surface area contributed by atoms with Gasteiger partial charge in [0.1, 0.15) is 11.9 Å². The van der Waals surface area contributed by atoms with Crippen molar-refractivity contribution in [2.24, 2.45) is 0 Å². The summed E-state index contributed by atoms with van der Waals surface area (Å²) in [4.78, 5) is 11.0. The van der Waals surface area contributed by atoms with E-state index in [1.165, 1.54) is 0 Å². The molecule has 1 saturated heterocycles. The number of ether oxygens (including phenoxy) is 2. The van der Waals surface area contributed by atoms with Gasteiger partial charge in [0, 0.05) is 0 Å². The van der Waals surface area contributed by atoms with Crippen molar-refractivity contribution < 1.29 is 19.4 Å². The molecule has 1 N–H and O–H groups in total. The minimum absolute atomic E-state index is 0.157. The number of fused-ring (bicyclic) bond motifs is 1. The summed E-state index contributed by atoms with van der Waals surface area (Å²) in [6.45, 7) is 1.30. The van der Waals surface area contributed by atoms with E-state index in [9.17, 15) is 4.79 Å². The Kier molecular flexibility index (Phi) is 2.52. The molecular formula is C13H14O4. The molecule has 1 aliphatic heterocycles. The summed E-state index contributed by atoms with van der Waals surface area (Å²) in [5.41, 5.74) is 2.05.